The Morgan fingerprint density at radius 3 is 2.63 bits per heavy atom. The second-order valence-electron chi connectivity index (χ2n) is 4.69. The molecule has 0 bridgehead atoms. The summed E-state index contributed by atoms with van der Waals surface area (Å²) in [6.45, 7) is 2.64. The van der Waals surface area contributed by atoms with Gasteiger partial charge in [-0.05, 0) is 43.5 Å². The Morgan fingerprint density at radius 1 is 1.42 bits per heavy atom. The first-order chi connectivity index (χ1) is 8.51. The van der Waals surface area contributed by atoms with Gasteiger partial charge in [0.05, 0.1) is 0 Å². The van der Waals surface area contributed by atoms with Gasteiger partial charge < -0.3 is 15.8 Å². The van der Waals surface area contributed by atoms with E-state index in [9.17, 15) is 9.18 Å². The third-order valence-electron chi connectivity index (χ3n) is 3.25. The van der Waals surface area contributed by atoms with E-state index in [1.54, 1.807) is 13.0 Å². The summed E-state index contributed by atoms with van der Waals surface area (Å²) in [5.74, 6) is -0.529. The summed E-state index contributed by atoms with van der Waals surface area (Å²) in [6.07, 6.45) is 0.998. The van der Waals surface area contributed by atoms with Gasteiger partial charge in [-0.1, -0.05) is 0 Å². The summed E-state index contributed by atoms with van der Waals surface area (Å²) in [6, 6.07) is 4.46. The van der Waals surface area contributed by atoms with Gasteiger partial charge in [0.1, 0.15) is 11.4 Å². The molecule has 0 spiro atoms. The minimum atomic E-state index is -0.888. The molecular formula is C13H18ClFN2O2. The lowest BCUT2D eigenvalue weighted by atomic mass is 9.90. The Bertz CT molecular complexity index is 462. The predicted molar refractivity (Wildman–Crippen MR) is 74.0 cm³/mol. The Morgan fingerprint density at radius 2 is 2.05 bits per heavy atom. The summed E-state index contributed by atoms with van der Waals surface area (Å²) in [5.41, 5.74) is 6.22. The summed E-state index contributed by atoms with van der Waals surface area (Å²) in [4.78, 5) is 12.1. The number of hydrogen-bond acceptors (Lipinski definition) is 3. The molecule has 0 atom stereocenters. The summed E-state index contributed by atoms with van der Waals surface area (Å²) in [7, 11) is 0. The third kappa shape index (κ3) is 3.65. The number of hydrogen-bond donors (Lipinski definition) is 2. The smallest absolute Gasteiger partial charge is 0.244 e. The average molecular weight is 289 g/mol. The number of nitrogens with one attached hydrogen (secondary N) is 1. The molecule has 2 rings (SSSR count). The number of amides is 1. The van der Waals surface area contributed by atoms with Crippen LogP contribution in [0.1, 0.15) is 18.4 Å². The lowest BCUT2D eigenvalue weighted by Crippen LogP contribution is -2.54. The third-order valence-corrected chi connectivity index (χ3v) is 3.25. The monoisotopic (exact) mass is 288 g/mol. The number of carbonyl (C=O) groups is 1. The van der Waals surface area contributed by atoms with Crippen molar-refractivity contribution >= 4 is 24.0 Å². The number of ether oxygens (including phenoxy) is 1. The number of aryl methyl sites for hydroxylation is 1. The maximum atomic E-state index is 13.1. The maximum Gasteiger partial charge on any atom is 0.244 e. The average Bonchev–Trinajstić information content (AvgIpc) is 2.35. The van der Waals surface area contributed by atoms with E-state index in [1.165, 1.54) is 12.1 Å². The molecule has 0 saturated carbocycles. The van der Waals surface area contributed by atoms with Crippen molar-refractivity contribution in [1.82, 2.24) is 0 Å². The number of halogens is 2. The number of anilines is 1. The van der Waals surface area contributed by atoms with Gasteiger partial charge in [0.15, 0.2) is 0 Å². The normalized spacial score (nSPS) is 17.4. The molecule has 0 unspecified atom stereocenters. The number of carbonyl (C=O) groups excluding carboxylic acids is 1. The largest absolute Gasteiger partial charge is 0.381 e. The second kappa shape index (κ2) is 6.32. The van der Waals surface area contributed by atoms with Crippen molar-refractivity contribution < 1.29 is 13.9 Å². The molecule has 1 amide bonds. The molecule has 1 aromatic rings. The van der Waals surface area contributed by atoms with E-state index in [0.717, 1.165) is 0 Å². The van der Waals surface area contributed by atoms with E-state index >= 15 is 0 Å². The summed E-state index contributed by atoms with van der Waals surface area (Å²) < 4.78 is 18.3. The molecule has 6 heteroatoms. The Labute approximate surface area is 117 Å². The molecule has 106 valence electrons. The minimum absolute atomic E-state index is 0. The van der Waals surface area contributed by atoms with Crippen molar-refractivity contribution in [2.75, 3.05) is 18.5 Å². The van der Waals surface area contributed by atoms with Crippen LogP contribution >= 0.6 is 12.4 Å². The van der Waals surface area contributed by atoms with Gasteiger partial charge in [-0.2, -0.15) is 0 Å². The van der Waals surface area contributed by atoms with Crippen LogP contribution in [0.5, 0.6) is 0 Å². The van der Waals surface area contributed by atoms with Crippen molar-refractivity contribution in [2.24, 2.45) is 5.73 Å². The molecule has 4 nitrogen and oxygen atoms in total. The standard InChI is InChI=1S/C13H17FN2O2.ClH/c1-9-8-10(2-3-11(9)14)16-12(17)13(15)4-6-18-7-5-13;/h2-3,8H,4-7,15H2,1H3,(H,16,17);1H. The van der Waals surface area contributed by atoms with E-state index in [1.807, 2.05) is 0 Å². The van der Waals surface area contributed by atoms with Gasteiger partial charge in [0, 0.05) is 18.9 Å². The second-order valence-corrected chi connectivity index (χ2v) is 4.69. The van der Waals surface area contributed by atoms with Crippen molar-refractivity contribution in [3.8, 4) is 0 Å². The molecule has 1 aromatic carbocycles. The Kier molecular flexibility index (Phi) is 5.29. The molecule has 1 aliphatic rings. The Balaban J connectivity index is 0.00000180. The highest BCUT2D eigenvalue weighted by atomic mass is 35.5. The molecular weight excluding hydrogens is 271 g/mol. The van der Waals surface area contributed by atoms with Gasteiger partial charge in [-0.15, -0.1) is 12.4 Å². The fraction of sp³-hybridized carbons (Fsp3) is 0.462. The van der Waals surface area contributed by atoms with Crippen LogP contribution in [0, 0.1) is 12.7 Å². The van der Waals surface area contributed by atoms with E-state index < -0.39 is 5.54 Å². The molecule has 1 saturated heterocycles. The van der Waals surface area contributed by atoms with E-state index in [-0.39, 0.29) is 24.1 Å². The first-order valence-corrected chi connectivity index (χ1v) is 5.95. The van der Waals surface area contributed by atoms with Crippen LogP contribution < -0.4 is 11.1 Å². The first-order valence-electron chi connectivity index (χ1n) is 5.95. The van der Waals surface area contributed by atoms with Crippen molar-refractivity contribution in [3.63, 3.8) is 0 Å². The first kappa shape index (κ1) is 15.9. The molecule has 1 heterocycles. The lowest BCUT2D eigenvalue weighted by Gasteiger charge is -2.31. The Hall–Kier alpha value is -1.17. The van der Waals surface area contributed by atoms with Crippen LogP contribution in [-0.4, -0.2) is 24.7 Å². The number of rotatable bonds is 2. The van der Waals surface area contributed by atoms with Crippen molar-refractivity contribution in [2.45, 2.75) is 25.3 Å². The molecule has 0 aliphatic carbocycles. The molecule has 0 radical (unpaired) electrons. The molecule has 19 heavy (non-hydrogen) atoms. The van der Waals surface area contributed by atoms with Crippen LogP contribution in [-0.2, 0) is 9.53 Å². The van der Waals surface area contributed by atoms with Gasteiger partial charge >= 0.3 is 0 Å². The zero-order valence-electron chi connectivity index (χ0n) is 10.7. The van der Waals surface area contributed by atoms with Crippen LogP contribution in [0.2, 0.25) is 0 Å². The van der Waals surface area contributed by atoms with Gasteiger partial charge in [0.25, 0.3) is 0 Å². The quantitative estimate of drug-likeness (QED) is 0.875. The molecule has 1 fully saturated rings. The fourth-order valence-electron chi connectivity index (χ4n) is 1.94. The molecule has 0 aromatic heterocycles. The highest BCUT2D eigenvalue weighted by molar-refractivity contribution is 5.98. The van der Waals surface area contributed by atoms with Crippen LogP contribution in [0.25, 0.3) is 0 Å². The van der Waals surface area contributed by atoms with Crippen molar-refractivity contribution in [3.05, 3.63) is 29.6 Å². The van der Waals surface area contributed by atoms with E-state index in [4.69, 9.17) is 10.5 Å². The summed E-state index contributed by atoms with van der Waals surface area (Å²) in [5, 5.41) is 2.73. The summed E-state index contributed by atoms with van der Waals surface area (Å²) >= 11 is 0. The lowest BCUT2D eigenvalue weighted by molar-refractivity contribution is -0.124. The van der Waals surface area contributed by atoms with Crippen LogP contribution in [0.4, 0.5) is 10.1 Å². The molecule has 1 aliphatic heterocycles. The zero-order chi connectivity index (χ0) is 13.2. The molecule has 3 N–H and O–H groups in total. The predicted octanol–water partition coefficient (Wildman–Crippen LogP) is 2.00. The highest BCUT2D eigenvalue weighted by Crippen LogP contribution is 2.21. The van der Waals surface area contributed by atoms with E-state index in [2.05, 4.69) is 5.32 Å². The highest BCUT2D eigenvalue weighted by Gasteiger charge is 2.35. The maximum absolute atomic E-state index is 13.1. The number of nitrogens with two attached hydrogens (primary N) is 1. The van der Waals surface area contributed by atoms with Gasteiger partial charge in [0.2, 0.25) is 5.91 Å². The van der Waals surface area contributed by atoms with E-state index in [0.29, 0.717) is 37.3 Å². The topological polar surface area (TPSA) is 64.4 Å². The minimum Gasteiger partial charge on any atom is -0.381 e. The van der Waals surface area contributed by atoms with Crippen LogP contribution in [0.3, 0.4) is 0 Å². The van der Waals surface area contributed by atoms with Gasteiger partial charge in [-0.3, -0.25) is 4.79 Å². The van der Waals surface area contributed by atoms with Gasteiger partial charge in [-0.25, -0.2) is 4.39 Å². The fourth-order valence-corrected chi connectivity index (χ4v) is 1.94. The van der Waals surface area contributed by atoms with Crippen LogP contribution in [0.15, 0.2) is 18.2 Å². The SMILES string of the molecule is Cc1cc(NC(=O)C2(N)CCOCC2)ccc1F.Cl. The zero-order valence-corrected chi connectivity index (χ0v) is 11.6. The number of benzene rings is 1. The van der Waals surface area contributed by atoms with Crippen molar-refractivity contribution in [1.29, 1.82) is 0 Å².